The normalized spacial score (nSPS) is 14.3. The fourth-order valence-electron chi connectivity index (χ4n) is 0.874. The van der Waals surface area contributed by atoms with Crippen molar-refractivity contribution in [2.24, 2.45) is 11.5 Å². The lowest BCUT2D eigenvalue weighted by atomic mass is 10.1. The lowest BCUT2D eigenvalue weighted by Crippen LogP contribution is -2.37. The van der Waals surface area contributed by atoms with Gasteiger partial charge in [-0.15, -0.1) is 0 Å². The summed E-state index contributed by atoms with van der Waals surface area (Å²) in [7, 11) is 0. The van der Waals surface area contributed by atoms with E-state index < -0.39 is 24.3 Å². The lowest BCUT2D eigenvalue weighted by molar-refractivity contribution is -0.187. The monoisotopic (exact) mass is 220 g/mol. The first-order valence-corrected chi connectivity index (χ1v) is 4.56. The Morgan fingerprint density at radius 1 is 1.33 bits per heavy atom. The van der Waals surface area contributed by atoms with Crippen molar-refractivity contribution in [1.29, 1.82) is 0 Å². The van der Waals surface area contributed by atoms with E-state index in [0.717, 1.165) is 6.42 Å². The highest BCUT2D eigenvalue weighted by molar-refractivity contribution is 5.79. The summed E-state index contributed by atoms with van der Waals surface area (Å²) in [6.07, 6.45) is -0.432. The summed E-state index contributed by atoms with van der Waals surface area (Å²) in [5.74, 6) is -2.56. The second-order valence-corrected chi connectivity index (χ2v) is 3.02. The molecule has 0 saturated carbocycles. The van der Waals surface area contributed by atoms with E-state index in [4.69, 9.17) is 21.7 Å². The molecule has 0 spiro atoms. The van der Waals surface area contributed by atoms with Gasteiger partial charge < -0.3 is 26.4 Å². The summed E-state index contributed by atoms with van der Waals surface area (Å²) in [6.45, 7) is 0.500. The summed E-state index contributed by atoms with van der Waals surface area (Å²) < 4.78 is 4.17. The van der Waals surface area contributed by atoms with Gasteiger partial charge in [-0.3, -0.25) is 4.79 Å². The van der Waals surface area contributed by atoms with Crippen LogP contribution in [-0.4, -0.2) is 41.0 Å². The average molecular weight is 220 g/mol. The molecule has 0 aromatic heterocycles. The number of esters is 1. The van der Waals surface area contributed by atoms with Gasteiger partial charge in [0.1, 0.15) is 6.04 Å². The topological polar surface area (TPSA) is 136 Å². The molecule has 88 valence electrons. The average Bonchev–Trinajstić information content (AvgIpc) is 2.17. The standard InChI is InChI=1S/C8H16N2O5/c9-4-2-1-3-5(10)7(13)15-8(14)6(11)12/h5,8,14H,1-4,9-10H2,(H,11,12)/t5-,8?/m0/s1. The second-order valence-electron chi connectivity index (χ2n) is 3.02. The van der Waals surface area contributed by atoms with Crippen molar-refractivity contribution in [2.75, 3.05) is 6.54 Å². The molecule has 0 radical (unpaired) electrons. The lowest BCUT2D eigenvalue weighted by Gasteiger charge is -2.12. The zero-order chi connectivity index (χ0) is 11.8. The maximum absolute atomic E-state index is 11.1. The maximum atomic E-state index is 11.1. The largest absolute Gasteiger partial charge is 0.477 e. The molecule has 0 amide bonds. The van der Waals surface area contributed by atoms with Crippen molar-refractivity contribution >= 4 is 11.9 Å². The second kappa shape index (κ2) is 7.16. The van der Waals surface area contributed by atoms with Gasteiger partial charge in [0.05, 0.1) is 0 Å². The Balaban J connectivity index is 3.83. The predicted molar refractivity (Wildman–Crippen MR) is 50.6 cm³/mol. The quantitative estimate of drug-likeness (QED) is 0.230. The van der Waals surface area contributed by atoms with E-state index in [1.807, 2.05) is 0 Å². The molecular formula is C8H16N2O5. The van der Waals surface area contributed by atoms with Crippen LogP contribution in [0, 0.1) is 0 Å². The highest BCUT2D eigenvalue weighted by Gasteiger charge is 2.22. The number of unbranched alkanes of at least 4 members (excludes halogenated alkanes) is 1. The number of aliphatic hydroxyl groups is 1. The molecule has 7 nitrogen and oxygen atoms in total. The minimum Gasteiger partial charge on any atom is -0.477 e. The van der Waals surface area contributed by atoms with Gasteiger partial charge in [-0.1, -0.05) is 6.42 Å². The zero-order valence-corrected chi connectivity index (χ0v) is 8.26. The van der Waals surface area contributed by atoms with Gasteiger partial charge in [0.15, 0.2) is 0 Å². The van der Waals surface area contributed by atoms with Gasteiger partial charge >= 0.3 is 11.9 Å². The molecule has 0 aliphatic rings. The van der Waals surface area contributed by atoms with Crippen LogP contribution in [0.15, 0.2) is 0 Å². The molecule has 15 heavy (non-hydrogen) atoms. The number of carboxylic acid groups (broad SMARTS) is 1. The van der Waals surface area contributed by atoms with Crippen LogP contribution in [0.2, 0.25) is 0 Å². The number of ether oxygens (including phenoxy) is 1. The third-order valence-corrected chi connectivity index (χ3v) is 1.71. The van der Waals surface area contributed by atoms with E-state index in [1.165, 1.54) is 0 Å². The van der Waals surface area contributed by atoms with Crippen LogP contribution < -0.4 is 11.5 Å². The van der Waals surface area contributed by atoms with Gasteiger partial charge in [-0.2, -0.15) is 0 Å². The van der Waals surface area contributed by atoms with Crippen LogP contribution in [0.3, 0.4) is 0 Å². The van der Waals surface area contributed by atoms with Crippen LogP contribution in [0.4, 0.5) is 0 Å². The molecule has 0 heterocycles. The molecule has 0 aliphatic carbocycles. The highest BCUT2D eigenvalue weighted by atomic mass is 16.7. The maximum Gasteiger partial charge on any atom is 0.373 e. The zero-order valence-electron chi connectivity index (χ0n) is 8.26. The molecule has 7 heteroatoms. The van der Waals surface area contributed by atoms with E-state index >= 15 is 0 Å². The number of aliphatic carboxylic acids is 1. The molecule has 0 bridgehead atoms. The number of nitrogens with two attached hydrogens (primary N) is 2. The number of carbonyl (C=O) groups excluding carboxylic acids is 1. The highest BCUT2D eigenvalue weighted by Crippen LogP contribution is 2.01. The number of hydrogen-bond donors (Lipinski definition) is 4. The molecule has 1 unspecified atom stereocenters. The summed E-state index contributed by atoms with van der Waals surface area (Å²) in [5, 5.41) is 16.9. The molecule has 0 aromatic carbocycles. The Kier molecular flexibility index (Phi) is 6.59. The number of aliphatic hydroxyl groups excluding tert-OH is 1. The first-order valence-electron chi connectivity index (χ1n) is 4.56. The molecule has 0 saturated heterocycles. The number of carbonyl (C=O) groups is 2. The first-order chi connectivity index (χ1) is 6.99. The van der Waals surface area contributed by atoms with Gasteiger partial charge in [-0.25, -0.2) is 4.79 Å². The van der Waals surface area contributed by atoms with Crippen molar-refractivity contribution in [1.82, 2.24) is 0 Å². The van der Waals surface area contributed by atoms with Crippen LogP contribution in [0.25, 0.3) is 0 Å². The molecule has 0 aromatic rings. The van der Waals surface area contributed by atoms with Crippen LogP contribution in [0.5, 0.6) is 0 Å². The predicted octanol–water partition coefficient (Wildman–Crippen LogP) is -1.61. The van der Waals surface area contributed by atoms with Gasteiger partial charge in [0.25, 0.3) is 6.29 Å². The van der Waals surface area contributed by atoms with E-state index in [9.17, 15) is 9.59 Å². The number of carboxylic acids is 1. The first kappa shape index (κ1) is 13.8. The summed E-state index contributed by atoms with van der Waals surface area (Å²) in [5.41, 5.74) is 10.6. The van der Waals surface area contributed by atoms with E-state index in [2.05, 4.69) is 4.74 Å². The molecule has 2 atom stereocenters. The van der Waals surface area contributed by atoms with Crippen molar-refractivity contribution in [3.63, 3.8) is 0 Å². The van der Waals surface area contributed by atoms with Crippen molar-refractivity contribution in [3.8, 4) is 0 Å². The van der Waals surface area contributed by atoms with Gasteiger partial charge in [0, 0.05) is 0 Å². The molecule has 6 N–H and O–H groups in total. The van der Waals surface area contributed by atoms with Crippen LogP contribution in [-0.2, 0) is 14.3 Å². The SMILES string of the molecule is NCCCC[C@H](N)C(=O)OC(O)C(=O)O. The van der Waals surface area contributed by atoms with E-state index in [0.29, 0.717) is 19.4 Å². The van der Waals surface area contributed by atoms with E-state index in [-0.39, 0.29) is 0 Å². The van der Waals surface area contributed by atoms with Crippen molar-refractivity contribution in [2.45, 2.75) is 31.6 Å². The minimum absolute atomic E-state index is 0.350. The van der Waals surface area contributed by atoms with Gasteiger partial charge in [0.2, 0.25) is 0 Å². The van der Waals surface area contributed by atoms with Crippen molar-refractivity contribution < 1.29 is 24.5 Å². The fourth-order valence-corrected chi connectivity index (χ4v) is 0.874. The summed E-state index contributed by atoms with van der Waals surface area (Å²) in [6, 6.07) is -0.925. The van der Waals surface area contributed by atoms with Crippen LogP contribution >= 0.6 is 0 Å². The Hall–Kier alpha value is -1.18. The third kappa shape index (κ3) is 6.00. The Bertz CT molecular complexity index is 221. The Morgan fingerprint density at radius 2 is 1.93 bits per heavy atom. The smallest absolute Gasteiger partial charge is 0.373 e. The molecular weight excluding hydrogens is 204 g/mol. The summed E-state index contributed by atoms with van der Waals surface area (Å²) in [4.78, 5) is 21.2. The fraction of sp³-hybridized carbons (Fsp3) is 0.750. The molecule has 0 aliphatic heterocycles. The number of hydrogen-bond acceptors (Lipinski definition) is 6. The summed E-state index contributed by atoms with van der Waals surface area (Å²) >= 11 is 0. The van der Waals surface area contributed by atoms with Gasteiger partial charge in [-0.05, 0) is 19.4 Å². The third-order valence-electron chi connectivity index (χ3n) is 1.71. The van der Waals surface area contributed by atoms with Crippen molar-refractivity contribution in [3.05, 3.63) is 0 Å². The number of rotatable bonds is 7. The molecule has 0 rings (SSSR count). The van der Waals surface area contributed by atoms with E-state index in [1.54, 1.807) is 0 Å². The minimum atomic E-state index is -2.15. The Labute approximate surface area is 87.0 Å². The van der Waals surface area contributed by atoms with Crippen LogP contribution in [0.1, 0.15) is 19.3 Å². The molecule has 0 fully saturated rings. The Morgan fingerprint density at radius 3 is 2.40 bits per heavy atom.